The van der Waals surface area contributed by atoms with Crippen LogP contribution in [-0.2, 0) is 10.0 Å². The third-order valence-corrected chi connectivity index (χ3v) is 4.53. The number of nitrogens with zero attached hydrogens (tertiary/aromatic N) is 1. The van der Waals surface area contributed by atoms with E-state index in [1.54, 1.807) is 0 Å². The van der Waals surface area contributed by atoms with Crippen molar-refractivity contribution in [3.05, 3.63) is 23.8 Å². The number of rotatable bonds is 7. The van der Waals surface area contributed by atoms with Crippen molar-refractivity contribution in [1.29, 1.82) is 0 Å². The highest BCUT2D eigenvalue weighted by Crippen LogP contribution is 2.24. The number of carboxylic acid groups (broad SMARTS) is 1. The standard InChI is InChI=1S/C13H19NO5S/c1-4-5-8-19-12-7-6-10(9-11(12)13(15)16)20(17,18)14(2)3/h6-7,9H,4-5,8H2,1-3H3,(H,15,16). The molecule has 1 aromatic carbocycles. The Kier molecular flexibility index (Phi) is 5.52. The minimum Gasteiger partial charge on any atom is -0.493 e. The van der Waals surface area contributed by atoms with Gasteiger partial charge in [-0.3, -0.25) is 0 Å². The van der Waals surface area contributed by atoms with Crippen LogP contribution in [0.15, 0.2) is 23.1 Å². The first-order valence-corrected chi connectivity index (χ1v) is 7.67. The first kappa shape index (κ1) is 16.5. The van der Waals surface area contributed by atoms with Crippen molar-refractivity contribution in [2.45, 2.75) is 24.7 Å². The third kappa shape index (κ3) is 3.71. The second kappa shape index (κ2) is 6.71. The lowest BCUT2D eigenvalue weighted by atomic mass is 10.2. The van der Waals surface area contributed by atoms with Gasteiger partial charge in [0, 0.05) is 14.1 Å². The Balaban J connectivity index is 3.17. The Hall–Kier alpha value is -1.60. The van der Waals surface area contributed by atoms with E-state index in [9.17, 15) is 13.2 Å². The lowest BCUT2D eigenvalue weighted by Gasteiger charge is -2.14. The summed E-state index contributed by atoms with van der Waals surface area (Å²) in [5.74, 6) is -1.03. The number of carbonyl (C=O) groups is 1. The highest BCUT2D eigenvalue weighted by atomic mass is 32.2. The van der Waals surface area contributed by atoms with Gasteiger partial charge < -0.3 is 9.84 Å². The second-order valence-electron chi connectivity index (χ2n) is 4.45. The van der Waals surface area contributed by atoms with Crippen molar-refractivity contribution in [2.24, 2.45) is 0 Å². The van der Waals surface area contributed by atoms with E-state index < -0.39 is 16.0 Å². The van der Waals surface area contributed by atoms with Gasteiger partial charge in [0.2, 0.25) is 10.0 Å². The lowest BCUT2D eigenvalue weighted by Crippen LogP contribution is -2.22. The van der Waals surface area contributed by atoms with Crippen molar-refractivity contribution < 1.29 is 23.1 Å². The van der Waals surface area contributed by atoms with Crippen LogP contribution in [0.1, 0.15) is 30.1 Å². The van der Waals surface area contributed by atoms with Crippen LogP contribution in [0.4, 0.5) is 0 Å². The molecule has 0 heterocycles. The SMILES string of the molecule is CCCCOc1ccc(S(=O)(=O)N(C)C)cc1C(=O)O. The van der Waals surface area contributed by atoms with Crippen LogP contribution in [0.5, 0.6) is 5.75 Å². The summed E-state index contributed by atoms with van der Waals surface area (Å²) in [6.07, 6.45) is 1.73. The highest BCUT2D eigenvalue weighted by Gasteiger charge is 2.21. The molecule has 0 atom stereocenters. The number of unbranched alkanes of at least 4 members (excludes halogenated alkanes) is 1. The van der Waals surface area contributed by atoms with E-state index in [1.165, 1.54) is 26.2 Å². The topological polar surface area (TPSA) is 83.9 Å². The molecule has 0 unspecified atom stereocenters. The maximum absolute atomic E-state index is 12.0. The normalized spacial score (nSPS) is 11.6. The molecule has 0 radical (unpaired) electrons. The summed E-state index contributed by atoms with van der Waals surface area (Å²) in [7, 11) is -0.880. The fourth-order valence-corrected chi connectivity index (χ4v) is 2.43. The number of ether oxygens (including phenoxy) is 1. The van der Waals surface area contributed by atoms with Crippen molar-refractivity contribution >= 4 is 16.0 Å². The van der Waals surface area contributed by atoms with Crippen LogP contribution in [0.3, 0.4) is 0 Å². The molecule has 1 aromatic rings. The lowest BCUT2D eigenvalue weighted by molar-refractivity contribution is 0.0692. The summed E-state index contributed by atoms with van der Waals surface area (Å²) >= 11 is 0. The number of sulfonamides is 1. The second-order valence-corrected chi connectivity index (χ2v) is 6.60. The van der Waals surface area contributed by atoms with Gasteiger partial charge in [0.25, 0.3) is 0 Å². The minimum absolute atomic E-state index is 0.0669. The molecule has 0 spiro atoms. The predicted molar refractivity (Wildman–Crippen MR) is 74.7 cm³/mol. The monoisotopic (exact) mass is 301 g/mol. The van der Waals surface area contributed by atoms with Crippen LogP contribution >= 0.6 is 0 Å². The summed E-state index contributed by atoms with van der Waals surface area (Å²) in [5.41, 5.74) is -0.149. The molecule has 0 saturated carbocycles. The average Bonchev–Trinajstić information content (AvgIpc) is 2.38. The zero-order valence-electron chi connectivity index (χ0n) is 11.8. The first-order chi connectivity index (χ1) is 9.30. The number of aromatic carboxylic acids is 1. The Morgan fingerprint density at radius 1 is 1.35 bits per heavy atom. The van der Waals surface area contributed by atoms with Crippen LogP contribution < -0.4 is 4.74 Å². The minimum atomic E-state index is -3.66. The molecule has 0 fully saturated rings. The molecule has 0 aromatic heterocycles. The number of carboxylic acids is 1. The molecule has 0 amide bonds. The quantitative estimate of drug-likeness (QED) is 0.777. The Morgan fingerprint density at radius 3 is 2.50 bits per heavy atom. The third-order valence-electron chi connectivity index (χ3n) is 2.72. The maximum atomic E-state index is 12.0. The Labute approximate surface area is 119 Å². The first-order valence-electron chi connectivity index (χ1n) is 6.23. The van der Waals surface area contributed by atoms with Crippen LogP contribution in [0.2, 0.25) is 0 Å². The highest BCUT2D eigenvalue weighted by molar-refractivity contribution is 7.89. The van der Waals surface area contributed by atoms with E-state index in [4.69, 9.17) is 9.84 Å². The van der Waals surface area contributed by atoms with Gasteiger partial charge in [-0.2, -0.15) is 0 Å². The van der Waals surface area contributed by atoms with Gasteiger partial charge in [0.1, 0.15) is 11.3 Å². The summed E-state index contributed by atoms with van der Waals surface area (Å²) in [5, 5.41) is 9.16. The largest absolute Gasteiger partial charge is 0.493 e. The smallest absolute Gasteiger partial charge is 0.339 e. The van der Waals surface area contributed by atoms with E-state index in [-0.39, 0.29) is 16.2 Å². The molecule has 0 aliphatic heterocycles. The summed E-state index contributed by atoms with van der Waals surface area (Å²) < 4.78 is 30.4. The predicted octanol–water partition coefficient (Wildman–Crippen LogP) is 1.81. The van der Waals surface area contributed by atoms with E-state index >= 15 is 0 Å². The number of hydrogen-bond acceptors (Lipinski definition) is 4. The molecule has 1 N–H and O–H groups in total. The van der Waals surface area contributed by atoms with E-state index in [0.717, 1.165) is 23.2 Å². The van der Waals surface area contributed by atoms with Crippen molar-refractivity contribution in [2.75, 3.05) is 20.7 Å². The number of benzene rings is 1. The average molecular weight is 301 g/mol. The molecule has 1 rings (SSSR count). The van der Waals surface area contributed by atoms with E-state index in [2.05, 4.69) is 0 Å². The van der Waals surface area contributed by atoms with Crippen molar-refractivity contribution in [3.63, 3.8) is 0 Å². The van der Waals surface area contributed by atoms with Crippen LogP contribution in [0.25, 0.3) is 0 Å². The molecule has 0 aliphatic rings. The van der Waals surface area contributed by atoms with Crippen LogP contribution in [0, 0.1) is 0 Å². The molecule has 0 bridgehead atoms. The Morgan fingerprint density at radius 2 is 2.00 bits per heavy atom. The summed E-state index contributed by atoms with van der Waals surface area (Å²) in [4.78, 5) is 11.1. The van der Waals surface area contributed by atoms with Gasteiger partial charge in [-0.25, -0.2) is 17.5 Å². The van der Waals surface area contributed by atoms with E-state index in [0.29, 0.717) is 6.61 Å². The van der Waals surface area contributed by atoms with Gasteiger partial charge in [-0.1, -0.05) is 13.3 Å². The van der Waals surface area contributed by atoms with E-state index in [1.807, 2.05) is 6.92 Å². The molecular weight excluding hydrogens is 282 g/mol. The van der Waals surface area contributed by atoms with Crippen LogP contribution in [-0.4, -0.2) is 44.5 Å². The van der Waals surface area contributed by atoms with Gasteiger partial charge in [0.15, 0.2) is 0 Å². The number of hydrogen-bond donors (Lipinski definition) is 1. The molecule has 6 nitrogen and oxygen atoms in total. The van der Waals surface area contributed by atoms with Gasteiger partial charge in [0.05, 0.1) is 11.5 Å². The molecule has 7 heteroatoms. The zero-order valence-corrected chi connectivity index (χ0v) is 12.6. The molecule has 112 valence electrons. The van der Waals surface area contributed by atoms with Gasteiger partial charge >= 0.3 is 5.97 Å². The fourth-order valence-electron chi connectivity index (χ4n) is 1.50. The molecule has 0 aliphatic carbocycles. The Bertz CT molecular complexity index is 580. The summed E-state index contributed by atoms with van der Waals surface area (Å²) in [6, 6.07) is 3.86. The zero-order chi connectivity index (χ0) is 15.3. The van der Waals surface area contributed by atoms with Crippen molar-refractivity contribution in [1.82, 2.24) is 4.31 Å². The van der Waals surface area contributed by atoms with Gasteiger partial charge in [-0.15, -0.1) is 0 Å². The molecule has 20 heavy (non-hydrogen) atoms. The molecular formula is C13H19NO5S. The summed E-state index contributed by atoms with van der Waals surface area (Å²) in [6.45, 7) is 2.39. The fraction of sp³-hybridized carbons (Fsp3) is 0.462. The maximum Gasteiger partial charge on any atom is 0.339 e. The van der Waals surface area contributed by atoms with Crippen molar-refractivity contribution in [3.8, 4) is 5.75 Å². The molecule has 0 saturated heterocycles. The van der Waals surface area contributed by atoms with Gasteiger partial charge in [-0.05, 0) is 24.6 Å².